The number of ketones is 1. The first-order valence-electron chi connectivity index (χ1n) is 4.92. The molecular weight excluding hydrogens is 164 g/mol. The lowest BCUT2D eigenvalue weighted by molar-refractivity contribution is -0.120. The highest BCUT2D eigenvalue weighted by molar-refractivity contribution is 6.04. The molecule has 0 aromatic rings. The first-order valence-corrected chi connectivity index (χ1v) is 4.92. The SMILES string of the molecule is C=C(C)C(=O)C12CCCCC1(C)O2. The van der Waals surface area contributed by atoms with E-state index in [0.717, 1.165) is 19.3 Å². The fourth-order valence-corrected chi connectivity index (χ4v) is 2.51. The Morgan fingerprint density at radius 3 is 2.54 bits per heavy atom. The van der Waals surface area contributed by atoms with Gasteiger partial charge in [0, 0.05) is 0 Å². The maximum atomic E-state index is 11.8. The summed E-state index contributed by atoms with van der Waals surface area (Å²) >= 11 is 0. The number of carbonyl (C=O) groups excluding carboxylic acids is 1. The second-order valence-electron chi connectivity index (χ2n) is 4.48. The molecule has 2 nitrogen and oxygen atoms in total. The molecule has 0 spiro atoms. The third-order valence-electron chi connectivity index (χ3n) is 3.40. The molecule has 2 fully saturated rings. The Hall–Kier alpha value is -0.630. The van der Waals surface area contributed by atoms with Crippen molar-refractivity contribution in [3.8, 4) is 0 Å². The monoisotopic (exact) mass is 180 g/mol. The standard InChI is InChI=1S/C11H16O2/c1-8(2)9(12)11-7-5-4-6-10(11,3)13-11/h1,4-7H2,2-3H3. The number of epoxide rings is 1. The third kappa shape index (κ3) is 1.01. The summed E-state index contributed by atoms with van der Waals surface area (Å²) in [5, 5.41) is 0. The largest absolute Gasteiger partial charge is 0.354 e. The summed E-state index contributed by atoms with van der Waals surface area (Å²) in [6.45, 7) is 7.52. The molecule has 0 aromatic heterocycles. The minimum absolute atomic E-state index is 0.120. The zero-order chi connectivity index (χ0) is 9.69. The van der Waals surface area contributed by atoms with Crippen molar-refractivity contribution in [1.82, 2.24) is 0 Å². The lowest BCUT2D eigenvalue weighted by Gasteiger charge is -2.20. The highest BCUT2D eigenvalue weighted by atomic mass is 16.6. The molecule has 0 N–H and O–H groups in total. The molecule has 1 heterocycles. The van der Waals surface area contributed by atoms with Crippen molar-refractivity contribution in [3.63, 3.8) is 0 Å². The van der Waals surface area contributed by atoms with E-state index in [1.165, 1.54) is 6.42 Å². The molecule has 72 valence electrons. The first-order chi connectivity index (χ1) is 6.02. The Morgan fingerprint density at radius 2 is 2.00 bits per heavy atom. The predicted octanol–water partition coefficient (Wildman–Crippen LogP) is 2.23. The Kier molecular flexibility index (Phi) is 1.68. The average molecular weight is 180 g/mol. The Bertz CT molecular complexity index is 278. The van der Waals surface area contributed by atoms with Gasteiger partial charge in [0.25, 0.3) is 0 Å². The van der Waals surface area contributed by atoms with Gasteiger partial charge in [0.15, 0.2) is 11.4 Å². The first kappa shape index (κ1) is 8.95. The molecular formula is C11H16O2. The van der Waals surface area contributed by atoms with E-state index in [-0.39, 0.29) is 11.4 Å². The molecule has 0 bridgehead atoms. The molecule has 0 aromatic carbocycles. The number of ether oxygens (including phenoxy) is 1. The molecule has 1 saturated carbocycles. The van der Waals surface area contributed by atoms with Gasteiger partial charge in [-0.25, -0.2) is 0 Å². The molecule has 1 aliphatic carbocycles. The van der Waals surface area contributed by atoms with E-state index >= 15 is 0 Å². The van der Waals surface area contributed by atoms with Crippen LogP contribution in [0.4, 0.5) is 0 Å². The smallest absolute Gasteiger partial charge is 0.192 e. The second-order valence-corrected chi connectivity index (χ2v) is 4.48. The normalized spacial score (nSPS) is 42.3. The van der Waals surface area contributed by atoms with Crippen molar-refractivity contribution in [1.29, 1.82) is 0 Å². The summed E-state index contributed by atoms with van der Waals surface area (Å²) in [5.41, 5.74) is -0.0103. The highest BCUT2D eigenvalue weighted by Gasteiger charge is 2.71. The van der Waals surface area contributed by atoms with Crippen LogP contribution in [-0.2, 0) is 9.53 Å². The number of hydrogen-bond donors (Lipinski definition) is 0. The van der Waals surface area contributed by atoms with Crippen LogP contribution in [0, 0.1) is 0 Å². The van der Waals surface area contributed by atoms with E-state index in [1.54, 1.807) is 6.92 Å². The van der Waals surface area contributed by atoms with Gasteiger partial charge < -0.3 is 4.74 Å². The molecule has 2 aliphatic rings. The summed E-state index contributed by atoms with van der Waals surface area (Å²) < 4.78 is 5.67. The van der Waals surface area contributed by atoms with Gasteiger partial charge in [-0.3, -0.25) is 4.79 Å². The van der Waals surface area contributed by atoms with Gasteiger partial charge in [0.05, 0.1) is 0 Å². The third-order valence-corrected chi connectivity index (χ3v) is 3.40. The van der Waals surface area contributed by atoms with Gasteiger partial charge in [-0.15, -0.1) is 0 Å². The van der Waals surface area contributed by atoms with Crippen LogP contribution in [0.15, 0.2) is 12.2 Å². The number of Topliss-reactive ketones (excluding diaryl/α,β-unsaturated/α-hetero) is 1. The Balaban J connectivity index is 2.23. The van der Waals surface area contributed by atoms with Gasteiger partial charge >= 0.3 is 0 Å². The van der Waals surface area contributed by atoms with Crippen molar-refractivity contribution >= 4 is 5.78 Å². The van der Waals surface area contributed by atoms with Crippen LogP contribution < -0.4 is 0 Å². The lowest BCUT2D eigenvalue weighted by Crippen LogP contribution is -2.35. The van der Waals surface area contributed by atoms with Crippen LogP contribution in [0.5, 0.6) is 0 Å². The van der Waals surface area contributed by atoms with E-state index in [0.29, 0.717) is 5.57 Å². The van der Waals surface area contributed by atoms with Crippen molar-refractivity contribution in [3.05, 3.63) is 12.2 Å². The van der Waals surface area contributed by atoms with E-state index in [9.17, 15) is 4.79 Å². The summed E-state index contributed by atoms with van der Waals surface area (Å²) in [5.74, 6) is 0.120. The van der Waals surface area contributed by atoms with E-state index < -0.39 is 5.60 Å². The second kappa shape index (κ2) is 2.44. The molecule has 1 saturated heterocycles. The number of hydrogen-bond acceptors (Lipinski definition) is 2. The Morgan fingerprint density at radius 1 is 1.38 bits per heavy atom. The molecule has 1 aliphatic heterocycles. The lowest BCUT2D eigenvalue weighted by atomic mass is 9.77. The van der Waals surface area contributed by atoms with Crippen LogP contribution in [0.1, 0.15) is 39.5 Å². The van der Waals surface area contributed by atoms with E-state index in [4.69, 9.17) is 4.74 Å². The van der Waals surface area contributed by atoms with Crippen molar-refractivity contribution < 1.29 is 9.53 Å². The molecule has 13 heavy (non-hydrogen) atoms. The van der Waals surface area contributed by atoms with Gasteiger partial charge in [0.2, 0.25) is 0 Å². The minimum atomic E-state index is -0.475. The van der Waals surface area contributed by atoms with Crippen molar-refractivity contribution in [2.45, 2.75) is 50.7 Å². The predicted molar refractivity (Wildman–Crippen MR) is 50.5 cm³/mol. The summed E-state index contributed by atoms with van der Waals surface area (Å²) in [6, 6.07) is 0. The van der Waals surface area contributed by atoms with E-state index in [1.807, 2.05) is 6.92 Å². The molecule has 2 heteroatoms. The maximum absolute atomic E-state index is 11.8. The van der Waals surface area contributed by atoms with Crippen molar-refractivity contribution in [2.24, 2.45) is 0 Å². The average Bonchev–Trinajstić information content (AvgIpc) is 2.71. The number of rotatable bonds is 2. The fraction of sp³-hybridized carbons (Fsp3) is 0.727. The Labute approximate surface area is 79.0 Å². The van der Waals surface area contributed by atoms with E-state index in [2.05, 4.69) is 6.58 Å². The summed E-state index contributed by atoms with van der Waals surface area (Å²) in [6.07, 6.45) is 4.19. The fourth-order valence-electron chi connectivity index (χ4n) is 2.51. The zero-order valence-electron chi connectivity index (χ0n) is 8.35. The number of carbonyl (C=O) groups is 1. The topological polar surface area (TPSA) is 29.6 Å². The number of fused-ring (bicyclic) bond motifs is 1. The summed E-state index contributed by atoms with van der Waals surface area (Å²) in [4.78, 5) is 11.8. The van der Waals surface area contributed by atoms with Gasteiger partial charge in [0.1, 0.15) is 5.60 Å². The van der Waals surface area contributed by atoms with Crippen LogP contribution in [0.3, 0.4) is 0 Å². The highest BCUT2D eigenvalue weighted by Crippen LogP contribution is 2.58. The summed E-state index contributed by atoms with van der Waals surface area (Å²) in [7, 11) is 0. The van der Waals surface area contributed by atoms with Gasteiger partial charge in [-0.2, -0.15) is 0 Å². The van der Waals surface area contributed by atoms with Crippen LogP contribution >= 0.6 is 0 Å². The van der Waals surface area contributed by atoms with Crippen LogP contribution in [0.25, 0.3) is 0 Å². The zero-order valence-corrected chi connectivity index (χ0v) is 8.35. The van der Waals surface area contributed by atoms with Crippen LogP contribution in [0.2, 0.25) is 0 Å². The maximum Gasteiger partial charge on any atom is 0.192 e. The van der Waals surface area contributed by atoms with Gasteiger partial charge in [-0.05, 0) is 38.7 Å². The van der Waals surface area contributed by atoms with Gasteiger partial charge in [-0.1, -0.05) is 13.0 Å². The molecule has 2 rings (SSSR count). The van der Waals surface area contributed by atoms with Crippen molar-refractivity contribution in [2.75, 3.05) is 0 Å². The molecule has 0 amide bonds. The molecule has 2 atom stereocenters. The molecule has 2 unspecified atom stereocenters. The quantitative estimate of drug-likeness (QED) is 0.481. The van der Waals surface area contributed by atoms with Crippen LogP contribution in [-0.4, -0.2) is 17.0 Å². The minimum Gasteiger partial charge on any atom is -0.354 e. The molecule has 0 radical (unpaired) electrons.